The van der Waals surface area contributed by atoms with Crippen LogP contribution in [0.4, 0.5) is 4.39 Å². The van der Waals surface area contributed by atoms with E-state index >= 15 is 0 Å². The first-order chi connectivity index (χ1) is 16.5. The van der Waals surface area contributed by atoms with Gasteiger partial charge in [0.15, 0.2) is 0 Å². The van der Waals surface area contributed by atoms with Crippen LogP contribution in [0.5, 0.6) is 5.75 Å². The Morgan fingerprint density at radius 2 is 2.00 bits per heavy atom. The van der Waals surface area contributed by atoms with E-state index in [1.54, 1.807) is 24.3 Å². The molecule has 1 fully saturated rings. The van der Waals surface area contributed by atoms with Gasteiger partial charge in [0.25, 0.3) is 0 Å². The maximum absolute atomic E-state index is 14.2. The number of hydrogen-bond donors (Lipinski definition) is 1. The Balaban J connectivity index is 1.27. The molecule has 0 unspecified atom stereocenters. The minimum atomic E-state index is -0.954. The Bertz CT molecular complexity index is 1100. The maximum Gasteiger partial charge on any atom is 0.303 e. The largest absolute Gasteiger partial charge is 0.486 e. The molecule has 0 aromatic heterocycles. The number of aryl methyl sites for hydroxylation is 1. The summed E-state index contributed by atoms with van der Waals surface area (Å²) in [6.45, 7) is 6.21. The molecule has 1 heterocycles. The first-order valence-corrected chi connectivity index (χ1v) is 11.6. The van der Waals surface area contributed by atoms with Crippen molar-refractivity contribution in [2.75, 3.05) is 26.4 Å². The van der Waals surface area contributed by atoms with Gasteiger partial charge in [-0.25, -0.2) is 4.39 Å². The molecule has 1 aliphatic heterocycles. The monoisotopic (exact) mass is 463 g/mol. The van der Waals surface area contributed by atoms with Crippen LogP contribution in [0.1, 0.15) is 36.0 Å². The minimum Gasteiger partial charge on any atom is -0.486 e. The van der Waals surface area contributed by atoms with Crippen LogP contribution in [-0.2, 0) is 21.4 Å². The van der Waals surface area contributed by atoms with Crippen molar-refractivity contribution in [1.29, 1.82) is 0 Å². The molecule has 2 aromatic carbocycles. The minimum absolute atomic E-state index is 0.113. The summed E-state index contributed by atoms with van der Waals surface area (Å²) in [7, 11) is 0. The van der Waals surface area contributed by atoms with Gasteiger partial charge in [0.1, 0.15) is 30.7 Å². The maximum atomic E-state index is 14.2. The van der Waals surface area contributed by atoms with Crippen LogP contribution in [0.2, 0.25) is 0 Å². The molecule has 1 saturated heterocycles. The average molecular weight is 464 g/mol. The summed E-state index contributed by atoms with van der Waals surface area (Å²) in [4.78, 5) is 13.0. The fraction of sp³-hybridized carbons (Fsp3) is 0.321. The molecule has 5 nitrogen and oxygen atoms in total. The van der Waals surface area contributed by atoms with Gasteiger partial charge < -0.3 is 14.6 Å². The number of likely N-dealkylation sites (tertiary alicyclic amines) is 1. The lowest BCUT2D eigenvalue weighted by molar-refractivity contribution is -0.136. The van der Waals surface area contributed by atoms with Gasteiger partial charge in [0.05, 0.1) is 0 Å². The molecule has 0 bridgehead atoms. The number of ether oxygens (including phenoxy) is 2. The molecule has 4 rings (SSSR count). The number of aliphatic carboxylic acids is 1. The standard InChI is InChI=1S/C28H30FNO4/c1-2-5-24(19-33-23-10-8-22(26(29)18-23)9-11-27(31)32)34-20-30-16-14-28(15-17-30)13-12-21-6-3-4-7-25(21)28/h2-8,10,12-13,18H,1,9,11,14-17,19-20H2,(H,31,32)/b24-5-. The number of rotatable bonds is 10. The molecule has 34 heavy (non-hydrogen) atoms. The van der Waals surface area contributed by atoms with Crippen LogP contribution >= 0.6 is 0 Å². The molecule has 2 aromatic rings. The van der Waals surface area contributed by atoms with E-state index in [2.05, 4.69) is 47.9 Å². The summed E-state index contributed by atoms with van der Waals surface area (Å²) < 4.78 is 25.9. The molecular formula is C28H30FNO4. The SMILES string of the molecule is C=C/C=C(/COc1ccc(CCC(=O)O)c(F)c1)OCN1CCC2(C=Cc3ccccc32)CC1. The topological polar surface area (TPSA) is 59.0 Å². The third-order valence-corrected chi connectivity index (χ3v) is 6.58. The lowest BCUT2D eigenvalue weighted by atomic mass is 9.75. The van der Waals surface area contributed by atoms with E-state index in [-0.39, 0.29) is 24.9 Å². The van der Waals surface area contributed by atoms with Gasteiger partial charge in [-0.2, -0.15) is 0 Å². The Kier molecular flexibility index (Phi) is 7.48. The van der Waals surface area contributed by atoms with Gasteiger partial charge in [-0.3, -0.25) is 9.69 Å². The number of nitrogens with zero attached hydrogens (tertiary/aromatic N) is 1. The average Bonchev–Trinajstić information content (AvgIpc) is 3.19. The molecule has 1 spiro atoms. The molecule has 6 heteroatoms. The smallest absolute Gasteiger partial charge is 0.303 e. The predicted octanol–water partition coefficient (Wildman–Crippen LogP) is 5.33. The number of halogens is 1. The van der Waals surface area contributed by atoms with Gasteiger partial charge in [0.2, 0.25) is 0 Å². The second kappa shape index (κ2) is 10.7. The Hall–Kier alpha value is -3.38. The Morgan fingerprint density at radius 3 is 2.74 bits per heavy atom. The second-order valence-electron chi connectivity index (χ2n) is 8.77. The van der Waals surface area contributed by atoms with Crippen LogP contribution < -0.4 is 4.74 Å². The van der Waals surface area contributed by atoms with Crippen molar-refractivity contribution in [3.63, 3.8) is 0 Å². The van der Waals surface area contributed by atoms with Crippen molar-refractivity contribution in [2.45, 2.75) is 31.1 Å². The van der Waals surface area contributed by atoms with E-state index in [0.717, 1.165) is 25.9 Å². The first-order valence-electron chi connectivity index (χ1n) is 11.6. The highest BCUT2D eigenvalue weighted by atomic mass is 19.1. The zero-order valence-corrected chi connectivity index (χ0v) is 19.2. The normalized spacial score (nSPS) is 16.9. The summed E-state index contributed by atoms with van der Waals surface area (Å²) in [5.74, 6) is -0.457. The van der Waals surface area contributed by atoms with E-state index < -0.39 is 11.8 Å². The zero-order valence-electron chi connectivity index (χ0n) is 19.2. The Morgan fingerprint density at radius 1 is 1.21 bits per heavy atom. The highest BCUT2D eigenvalue weighted by Crippen LogP contribution is 2.43. The molecule has 0 amide bonds. The van der Waals surface area contributed by atoms with E-state index in [0.29, 0.717) is 23.8 Å². The van der Waals surface area contributed by atoms with Crippen molar-refractivity contribution < 1.29 is 23.8 Å². The number of piperidine rings is 1. The molecule has 1 aliphatic carbocycles. The van der Waals surface area contributed by atoms with Crippen molar-refractivity contribution in [3.8, 4) is 5.75 Å². The number of carboxylic acids is 1. The molecule has 2 aliphatic rings. The highest BCUT2D eigenvalue weighted by molar-refractivity contribution is 5.67. The molecular weight excluding hydrogens is 433 g/mol. The van der Waals surface area contributed by atoms with Crippen molar-refractivity contribution in [2.24, 2.45) is 0 Å². The summed E-state index contributed by atoms with van der Waals surface area (Å²) in [5, 5.41) is 8.77. The number of benzene rings is 2. The third kappa shape index (κ3) is 5.57. The van der Waals surface area contributed by atoms with E-state index in [4.69, 9.17) is 14.6 Å². The van der Waals surface area contributed by atoms with Crippen LogP contribution in [0.3, 0.4) is 0 Å². The summed E-state index contributed by atoms with van der Waals surface area (Å²) in [5.41, 5.74) is 3.25. The van der Waals surface area contributed by atoms with Crippen molar-refractivity contribution >= 4 is 12.0 Å². The summed E-state index contributed by atoms with van der Waals surface area (Å²) in [6, 6.07) is 13.1. The van der Waals surface area contributed by atoms with Crippen molar-refractivity contribution in [1.82, 2.24) is 4.90 Å². The molecule has 1 N–H and O–H groups in total. The lowest BCUT2D eigenvalue weighted by Gasteiger charge is -2.39. The van der Waals surface area contributed by atoms with Gasteiger partial charge in [-0.15, -0.1) is 0 Å². The van der Waals surface area contributed by atoms with E-state index in [1.807, 2.05) is 0 Å². The lowest BCUT2D eigenvalue weighted by Crippen LogP contribution is -2.42. The van der Waals surface area contributed by atoms with E-state index in [1.165, 1.54) is 17.2 Å². The van der Waals surface area contributed by atoms with Gasteiger partial charge >= 0.3 is 5.97 Å². The van der Waals surface area contributed by atoms with Gasteiger partial charge in [0, 0.05) is 31.0 Å². The van der Waals surface area contributed by atoms with Gasteiger partial charge in [-0.1, -0.05) is 55.1 Å². The van der Waals surface area contributed by atoms with E-state index in [9.17, 15) is 9.18 Å². The third-order valence-electron chi connectivity index (χ3n) is 6.58. The number of hydrogen-bond acceptors (Lipinski definition) is 4. The molecule has 0 atom stereocenters. The predicted molar refractivity (Wildman–Crippen MR) is 130 cm³/mol. The second-order valence-corrected chi connectivity index (χ2v) is 8.77. The van der Waals surface area contributed by atoms with Crippen LogP contribution in [0.15, 0.2) is 73.0 Å². The fourth-order valence-corrected chi connectivity index (χ4v) is 4.61. The molecule has 178 valence electrons. The zero-order chi connectivity index (χ0) is 24.0. The molecule has 0 saturated carbocycles. The fourth-order valence-electron chi connectivity index (χ4n) is 4.61. The number of carboxylic acid groups (broad SMARTS) is 1. The van der Waals surface area contributed by atoms with Crippen molar-refractivity contribution in [3.05, 3.63) is 95.5 Å². The van der Waals surface area contributed by atoms with Crippen LogP contribution in [0, 0.1) is 5.82 Å². The number of carbonyl (C=O) groups is 1. The van der Waals surface area contributed by atoms with Crippen LogP contribution in [-0.4, -0.2) is 42.4 Å². The highest BCUT2D eigenvalue weighted by Gasteiger charge is 2.37. The molecule has 0 radical (unpaired) electrons. The van der Waals surface area contributed by atoms with Crippen LogP contribution in [0.25, 0.3) is 6.08 Å². The first kappa shape index (κ1) is 23.8. The summed E-state index contributed by atoms with van der Waals surface area (Å²) in [6.07, 6.45) is 10.1. The number of fused-ring (bicyclic) bond motifs is 2. The van der Waals surface area contributed by atoms with Gasteiger partial charge in [-0.05, 0) is 48.1 Å². The quantitative estimate of drug-likeness (QED) is 0.381. The Labute approximate surface area is 199 Å². The number of allylic oxidation sites excluding steroid dienone is 3. The summed E-state index contributed by atoms with van der Waals surface area (Å²) >= 11 is 0.